The molecule has 1 atom stereocenters. The molecule has 1 aliphatic rings. The Bertz CT molecular complexity index is 2010. The summed E-state index contributed by atoms with van der Waals surface area (Å²) in [6.07, 6.45) is -1.14. The Morgan fingerprint density at radius 3 is 2.23 bits per heavy atom. The number of para-hydroxylation sites is 2. The lowest BCUT2D eigenvalue weighted by molar-refractivity contribution is -0.122. The van der Waals surface area contributed by atoms with Crippen LogP contribution in [0.25, 0.3) is 10.8 Å². The number of amides is 1. The van der Waals surface area contributed by atoms with Gasteiger partial charge in [0.1, 0.15) is 5.75 Å². The second kappa shape index (κ2) is 11.4. The van der Waals surface area contributed by atoms with E-state index >= 15 is 0 Å². The number of carbonyl (C=O) groups excluding carboxylic acids is 1. The average molecular weight is 614 g/mol. The van der Waals surface area contributed by atoms with E-state index in [0.29, 0.717) is 22.6 Å². The number of ether oxygens (including phenoxy) is 1. The van der Waals surface area contributed by atoms with Crippen LogP contribution in [0.2, 0.25) is 0 Å². The van der Waals surface area contributed by atoms with Gasteiger partial charge in [-0.3, -0.25) is 13.8 Å². The van der Waals surface area contributed by atoms with E-state index in [2.05, 4.69) is 10.0 Å². The first kappa shape index (κ1) is 28.3. The Morgan fingerprint density at radius 2 is 1.44 bits per heavy atom. The molecule has 0 aromatic heterocycles. The van der Waals surface area contributed by atoms with Crippen LogP contribution >= 0.6 is 0 Å². The maximum absolute atomic E-state index is 13.5. The topological polar surface area (TPSA) is 122 Å². The fourth-order valence-corrected chi connectivity index (χ4v) is 7.59. The molecule has 0 fully saturated rings. The summed E-state index contributed by atoms with van der Waals surface area (Å²) in [6.45, 7) is -0.223. The lowest BCUT2D eigenvalue weighted by atomic mass is 10.1. The van der Waals surface area contributed by atoms with Crippen LogP contribution in [0.5, 0.6) is 5.75 Å². The van der Waals surface area contributed by atoms with Crippen LogP contribution in [-0.4, -0.2) is 35.4 Å². The first-order chi connectivity index (χ1) is 20.7. The number of nitrogens with zero attached hydrogens (tertiary/aromatic N) is 1. The molecule has 1 aliphatic heterocycles. The molecule has 43 heavy (non-hydrogen) atoms. The molecular formula is C32H27N3O6S2. The number of hydrogen-bond donors (Lipinski definition) is 2. The highest BCUT2D eigenvalue weighted by atomic mass is 32.2. The smallest absolute Gasteiger partial charge is 0.267 e. The fraction of sp³-hybridized carbons (Fsp3) is 0.0938. The number of carbonyl (C=O) groups is 1. The maximum atomic E-state index is 13.5. The van der Waals surface area contributed by atoms with Crippen LogP contribution in [-0.2, 0) is 30.6 Å². The summed E-state index contributed by atoms with van der Waals surface area (Å²) < 4.78 is 62.9. The van der Waals surface area contributed by atoms with E-state index in [0.717, 1.165) is 10.8 Å². The van der Waals surface area contributed by atoms with Gasteiger partial charge < -0.3 is 10.1 Å². The van der Waals surface area contributed by atoms with E-state index in [1.807, 2.05) is 36.4 Å². The zero-order valence-electron chi connectivity index (χ0n) is 22.8. The van der Waals surface area contributed by atoms with E-state index in [1.165, 1.54) is 28.6 Å². The Balaban J connectivity index is 1.18. The van der Waals surface area contributed by atoms with Gasteiger partial charge in [-0.2, -0.15) is 0 Å². The van der Waals surface area contributed by atoms with Crippen molar-refractivity contribution in [3.8, 4) is 5.75 Å². The third-order valence-corrected chi connectivity index (χ3v) is 10.1. The van der Waals surface area contributed by atoms with Crippen molar-refractivity contribution < 1.29 is 26.4 Å². The number of sulfonamides is 2. The summed E-state index contributed by atoms with van der Waals surface area (Å²) in [6, 6.07) is 34.0. The SMILES string of the molecule is O=C(Nc1ccc(S(=O)(=O)Nc2cccc3ccccc23)cc1)[C@H]1CN(S(=O)(=O)Cc2ccccc2)c2ccccc2O1. The van der Waals surface area contributed by atoms with Crippen molar-refractivity contribution in [3.05, 3.63) is 127 Å². The predicted molar refractivity (Wildman–Crippen MR) is 167 cm³/mol. The van der Waals surface area contributed by atoms with Gasteiger partial charge in [-0.15, -0.1) is 0 Å². The van der Waals surface area contributed by atoms with Gasteiger partial charge >= 0.3 is 0 Å². The molecular weight excluding hydrogens is 587 g/mol. The van der Waals surface area contributed by atoms with Crippen LogP contribution in [0.1, 0.15) is 5.56 Å². The summed E-state index contributed by atoms with van der Waals surface area (Å²) in [7, 11) is -7.77. The standard InChI is InChI=1S/C32H27N3O6S2/c36-32(31-21-35(29-15-6-7-16-30(29)41-31)42(37,38)22-23-9-2-1-3-10-23)33-25-17-19-26(20-18-25)43(39,40)34-28-14-8-12-24-11-4-5-13-27(24)28/h1-20,31,34H,21-22H2,(H,33,36)/t31-/m1/s1. The van der Waals surface area contributed by atoms with Gasteiger partial charge in [-0.1, -0.05) is 78.9 Å². The number of rotatable bonds is 8. The van der Waals surface area contributed by atoms with Gasteiger partial charge in [0.25, 0.3) is 15.9 Å². The van der Waals surface area contributed by atoms with Crippen molar-refractivity contribution in [2.45, 2.75) is 16.8 Å². The van der Waals surface area contributed by atoms with E-state index in [1.54, 1.807) is 60.7 Å². The molecule has 0 radical (unpaired) electrons. The highest BCUT2D eigenvalue weighted by Crippen LogP contribution is 2.36. The molecule has 2 N–H and O–H groups in total. The van der Waals surface area contributed by atoms with Gasteiger partial charge in [0.2, 0.25) is 10.0 Å². The second-order valence-corrected chi connectivity index (χ2v) is 13.6. The van der Waals surface area contributed by atoms with E-state index in [9.17, 15) is 21.6 Å². The first-order valence-corrected chi connectivity index (χ1v) is 16.5. The maximum Gasteiger partial charge on any atom is 0.267 e. The second-order valence-electron chi connectivity index (χ2n) is 9.99. The van der Waals surface area contributed by atoms with Gasteiger partial charge in [-0.05, 0) is 53.4 Å². The molecule has 0 saturated carbocycles. The van der Waals surface area contributed by atoms with Crippen LogP contribution < -0.4 is 19.1 Å². The highest BCUT2D eigenvalue weighted by molar-refractivity contribution is 7.92. The van der Waals surface area contributed by atoms with Crippen LogP contribution in [0.15, 0.2) is 126 Å². The van der Waals surface area contributed by atoms with Crippen molar-refractivity contribution in [2.24, 2.45) is 0 Å². The normalized spacial score (nSPS) is 14.9. The number of benzene rings is 5. The fourth-order valence-electron chi connectivity index (χ4n) is 4.92. The predicted octanol–water partition coefficient (Wildman–Crippen LogP) is 5.38. The lowest BCUT2D eigenvalue weighted by Gasteiger charge is -2.34. The molecule has 1 heterocycles. The molecule has 218 valence electrons. The molecule has 0 aliphatic carbocycles. The van der Waals surface area contributed by atoms with E-state index < -0.39 is 32.1 Å². The zero-order chi connectivity index (χ0) is 30.0. The van der Waals surface area contributed by atoms with E-state index in [-0.39, 0.29) is 22.9 Å². The quantitative estimate of drug-likeness (QED) is 0.243. The summed E-state index contributed by atoms with van der Waals surface area (Å²) in [5.74, 6) is -0.537. The van der Waals surface area contributed by atoms with Gasteiger partial charge in [0.15, 0.2) is 6.10 Å². The summed E-state index contributed by atoms with van der Waals surface area (Å²) in [4.78, 5) is 13.3. The molecule has 0 bridgehead atoms. The molecule has 9 nitrogen and oxygen atoms in total. The van der Waals surface area contributed by atoms with Crippen LogP contribution in [0.3, 0.4) is 0 Å². The number of hydrogen-bond acceptors (Lipinski definition) is 6. The molecule has 6 rings (SSSR count). The molecule has 11 heteroatoms. The van der Waals surface area contributed by atoms with Gasteiger partial charge in [0, 0.05) is 11.1 Å². The van der Waals surface area contributed by atoms with Crippen molar-refractivity contribution in [1.29, 1.82) is 0 Å². The Hall–Kier alpha value is -4.87. The number of anilines is 3. The van der Waals surface area contributed by atoms with Gasteiger partial charge in [0.05, 0.1) is 28.6 Å². The Kier molecular flexibility index (Phi) is 7.51. The molecule has 0 unspecified atom stereocenters. The first-order valence-electron chi connectivity index (χ1n) is 13.4. The molecule has 0 saturated heterocycles. The van der Waals surface area contributed by atoms with Crippen molar-refractivity contribution in [2.75, 3.05) is 20.9 Å². The zero-order valence-corrected chi connectivity index (χ0v) is 24.4. The summed E-state index contributed by atoms with van der Waals surface area (Å²) in [5.41, 5.74) is 1.76. The monoisotopic (exact) mass is 613 g/mol. The highest BCUT2D eigenvalue weighted by Gasteiger charge is 2.36. The summed E-state index contributed by atoms with van der Waals surface area (Å²) in [5, 5.41) is 4.39. The third-order valence-electron chi connectivity index (χ3n) is 7.02. The van der Waals surface area contributed by atoms with Crippen molar-refractivity contribution in [3.63, 3.8) is 0 Å². The largest absolute Gasteiger partial charge is 0.476 e. The van der Waals surface area contributed by atoms with E-state index in [4.69, 9.17) is 4.74 Å². The third kappa shape index (κ3) is 6.04. The minimum atomic E-state index is -3.91. The Morgan fingerprint density at radius 1 is 0.767 bits per heavy atom. The molecule has 1 amide bonds. The lowest BCUT2D eigenvalue weighted by Crippen LogP contribution is -2.49. The molecule has 5 aromatic carbocycles. The van der Waals surface area contributed by atoms with Gasteiger partial charge in [-0.25, -0.2) is 16.8 Å². The molecule has 0 spiro atoms. The summed E-state index contributed by atoms with van der Waals surface area (Å²) >= 11 is 0. The number of nitrogens with one attached hydrogen (secondary N) is 2. The average Bonchev–Trinajstić information content (AvgIpc) is 3.01. The van der Waals surface area contributed by atoms with Crippen molar-refractivity contribution in [1.82, 2.24) is 0 Å². The molecule has 5 aromatic rings. The number of fused-ring (bicyclic) bond motifs is 2. The Labute approximate surface area is 249 Å². The minimum Gasteiger partial charge on any atom is -0.476 e. The van der Waals surface area contributed by atoms with Crippen molar-refractivity contribution >= 4 is 53.8 Å². The van der Waals surface area contributed by atoms with Crippen LogP contribution in [0, 0.1) is 0 Å². The minimum absolute atomic E-state index is 0.0134. The van der Waals surface area contributed by atoms with Crippen LogP contribution in [0.4, 0.5) is 17.1 Å².